The predicted octanol–water partition coefficient (Wildman–Crippen LogP) is 5.25. The molecule has 0 heterocycles. The van der Waals surface area contributed by atoms with Crippen LogP contribution in [0.4, 0.5) is 0 Å². The Kier molecular flexibility index (Phi) is 4.26. The second-order valence-corrected chi connectivity index (χ2v) is 5.02. The minimum Gasteiger partial charge on any atom is -0.289 e. The van der Waals surface area contributed by atoms with E-state index >= 15 is 0 Å². The maximum absolute atomic E-state index is 12.5. The van der Waals surface area contributed by atoms with E-state index in [1.807, 2.05) is 91.0 Å². The van der Waals surface area contributed by atoms with Crippen molar-refractivity contribution in [2.45, 2.75) is 0 Å². The maximum atomic E-state index is 12.5. The Balaban J connectivity index is 1.92. The molecule has 0 N–H and O–H groups in total. The van der Waals surface area contributed by atoms with Crippen molar-refractivity contribution in [2.24, 2.45) is 0 Å². The molecule has 0 atom stereocenters. The van der Waals surface area contributed by atoms with Crippen LogP contribution in [0.15, 0.2) is 91.0 Å². The molecule has 0 aliphatic carbocycles. The van der Waals surface area contributed by atoms with E-state index in [9.17, 15) is 4.79 Å². The average molecular weight is 284 g/mol. The van der Waals surface area contributed by atoms with Crippen LogP contribution >= 0.6 is 0 Å². The number of hydrogen-bond donors (Lipinski definition) is 0. The lowest BCUT2D eigenvalue weighted by molar-refractivity contribution is 0.104. The zero-order valence-corrected chi connectivity index (χ0v) is 12.1. The quantitative estimate of drug-likeness (QED) is 0.472. The van der Waals surface area contributed by atoms with Crippen LogP contribution < -0.4 is 0 Å². The van der Waals surface area contributed by atoms with Gasteiger partial charge < -0.3 is 0 Å². The van der Waals surface area contributed by atoms with Crippen molar-refractivity contribution in [1.29, 1.82) is 0 Å². The van der Waals surface area contributed by atoms with Gasteiger partial charge in [0.15, 0.2) is 5.78 Å². The number of carbonyl (C=O) groups excluding carboxylic acids is 1. The van der Waals surface area contributed by atoms with Crippen molar-refractivity contribution < 1.29 is 4.79 Å². The highest BCUT2D eigenvalue weighted by Crippen LogP contribution is 2.24. The molecule has 0 bridgehead atoms. The lowest BCUT2D eigenvalue weighted by Crippen LogP contribution is -1.97. The van der Waals surface area contributed by atoms with E-state index in [-0.39, 0.29) is 5.78 Å². The van der Waals surface area contributed by atoms with E-state index in [0.29, 0.717) is 0 Å². The van der Waals surface area contributed by atoms with Crippen LogP contribution in [0.5, 0.6) is 0 Å². The molecule has 0 unspecified atom stereocenters. The summed E-state index contributed by atoms with van der Waals surface area (Å²) >= 11 is 0. The Morgan fingerprint density at radius 2 is 1.27 bits per heavy atom. The minimum absolute atomic E-state index is 0.0170. The van der Waals surface area contributed by atoms with E-state index in [1.54, 1.807) is 6.08 Å². The van der Waals surface area contributed by atoms with Crippen molar-refractivity contribution in [3.05, 3.63) is 102 Å². The fraction of sp³-hybridized carbons (Fsp3) is 0. The first-order chi connectivity index (χ1) is 10.8. The molecule has 3 aromatic carbocycles. The first-order valence-electron chi connectivity index (χ1n) is 7.26. The molecule has 0 aromatic heterocycles. The first-order valence-corrected chi connectivity index (χ1v) is 7.26. The molecule has 0 aliphatic rings. The monoisotopic (exact) mass is 284 g/mol. The molecule has 3 aromatic rings. The van der Waals surface area contributed by atoms with Crippen LogP contribution in [0.1, 0.15) is 15.9 Å². The Morgan fingerprint density at radius 1 is 0.682 bits per heavy atom. The summed E-state index contributed by atoms with van der Waals surface area (Å²) in [5, 5.41) is 0. The maximum Gasteiger partial charge on any atom is 0.186 e. The van der Waals surface area contributed by atoms with Crippen LogP contribution in [-0.4, -0.2) is 5.78 Å². The number of hydrogen-bond acceptors (Lipinski definition) is 1. The molecule has 106 valence electrons. The third kappa shape index (κ3) is 3.21. The molecule has 0 radical (unpaired) electrons. The van der Waals surface area contributed by atoms with Gasteiger partial charge in [-0.15, -0.1) is 0 Å². The molecule has 1 heteroatoms. The van der Waals surface area contributed by atoms with Crippen molar-refractivity contribution in [3.8, 4) is 11.1 Å². The Labute approximate surface area is 130 Å². The van der Waals surface area contributed by atoms with Gasteiger partial charge in [0.1, 0.15) is 0 Å². The highest BCUT2D eigenvalue weighted by Gasteiger charge is 2.09. The first kappa shape index (κ1) is 14.0. The van der Waals surface area contributed by atoms with Gasteiger partial charge in [-0.25, -0.2) is 0 Å². The van der Waals surface area contributed by atoms with Gasteiger partial charge in [0.05, 0.1) is 0 Å². The molecule has 0 saturated heterocycles. The number of carbonyl (C=O) groups is 1. The van der Waals surface area contributed by atoms with Gasteiger partial charge in [-0.3, -0.25) is 4.79 Å². The fourth-order valence-corrected chi connectivity index (χ4v) is 2.39. The fourth-order valence-electron chi connectivity index (χ4n) is 2.39. The molecule has 0 saturated carbocycles. The van der Waals surface area contributed by atoms with Gasteiger partial charge >= 0.3 is 0 Å². The minimum atomic E-state index is 0.0170. The molecule has 3 rings (SSSR count). The van der Waals surface area contributed by atoms with E-state index in [2.05, 4.69) is 0 Å². The Morgan fingerprint density at radius 3 is 2.00 bits per heavy atom. The van der Waals surface area contributed by atoms with E-state index in [0.717, 1.165) is 22.3 Å². The van der Waals surface area contributed by atoms with Gasteiger partial charge in [0.2, 0.25) is 0 Å². The molecule has 0 aliphatic heterocycles. The molecule has 22 heavy (non-hydrogen) atoms. The van der Waals surface area contributed by atoms with E-state index in [4.69, 9.17) is 0 Å². The third-order valence-electron chi connectivity index (χ3n) is 3.50. The van der Waals surface area contributed by atoms with Gasteiger partial charge in [-0.1, -0.05) is 91.0 Å². The molecular formula is C21H16O. The topological polar surface area (TPSA) is 17.1 Å². The zero-order valence-electron chi connectivity index (χ0n) is 12.1. The van der Waals surface area contributed by atoms with E-state index in [1.165, 1.54) is 0 Å². The second-order valence-electron chi connectivity index (χ2n) is 5.02. The third-order valence-corrected chi connectivity index (χ3v) is 3.50. The molecule has 0 spiro atoms. The molecule has 0 amide bonds. The van der Waals surface area contributed by atoms with Gasteiger partial charge in [-0.05, 0) is 22.8 Å². The number of allylic oxidation sites excluding steroid dienone is 1. The molecule has 1 nitrogen and oxygen atoms in total. The largest absolute Gasteiger partial charge is 0.289 e. The Bertz CT molecular complexity index is 786. The molecule has 0 fully saturated rings. The highest BCUT2D eigenvalue weighted by molar-refractivity contribution is 6.10. The van der Waals surface area contributed by atoms with Gasteiger partial charge in [0, 0.05) is 5.56 Å². The van der Waals surface area contributed by atoms with Crippen molar-refractivity contribution in [3.63, 3.8) is 0 Å². The lowest BCUT2D eigenvalue weighted by Gasteiger charge is -2.06. The summed E-state index contributed by atoms with van der Waals surface area (Å²) in [6, 6.07) is 27.5. The predicted molar refractivity (Wildman–Crippen MR) is 91.7 cm³/mol. The summed E-state index contributed by atoms with van der Waals surface area (Å²) in [6.45, 7) is 0. The Hall–Kier alpha value is -2.93. The SMILES string of the molecule is O=C(C=Cc1ccccc1)c1ccccc1-c1ccccc1. The lowest BCUT2D eigenvalue weighted by atomic mass is 9.96. The summed E-state index contributed by atoms with van der Waals surface area (Å²) < 4.78 is 0. The number of ketones is 1. The summed E-state index contributed by atoms with van der Waals surface area (Å²) in [4.78, 5) is 12.5. The normalized spacial score (nSPS) is 10.7. The number of rotatable bonds is 4. The number of benzene rings is 3. The van der Waals surface area contributed by atoms with Crippen LogP contribution in [0.25, 0.3) is 17.2 Å². The average Bonchev–Trinajstić information content (AvgIpc) is 2.61. The zero-order chi connectivity index (χ0) is 15.2. The summed E-state index contributed by atoms with van der Waals surface area (Å²) in [5.74, 6) is 0.0170. The van der Waals surface area contributed by atoms with Gasteiger partial charge in [-0.2, -0.15) is 0 Å². The van der Waals surface area contributed by atoms with Crippen LogP contribution in [0.3, 0.4) is 0 Å². The highest BCUT2D eigenvalue weighted by atomic mass is 16.1. The summed E-state index contributed by atoms with van der Waals surface area (Å²) in [5.41, 5.74) is 3.76. The summed E-state index contributed by atoms with van der Waals surface area (Å²) in [6.07, 6.45) is 3.49. The van der Waals surface area contributed by atoms with Crippen LogP contribution in [-0.2, 0) is 0 Å². The standard InChI is InChI=1S/C21H16O/c22-21(16-15-17-9-3-1-4-10-17)20-14-8-7-13-19(20)18-11-5-2-6-12-18/h1-16H. The second kappa shape index (κ2) is 6.68. The van der Waals surface area contributed by atoms with Crippen LogP contribution in [0.2, 0.25) is 0 Å². The van der Waals surface area contributed by atoms with Crippen molar-refractivity contribution in [1.82, 2.24) is 0 Å². The molecular weight excluding hydrogens is 268 g/mol. The van der Waals surface area contributed by atoms with E-state index < -0.39 is 0 Å². The van der Waals surface area contributed by atoms with Crippen molar-refractivity contribution in [2.75, 3.05) is 0 Å². The van der Waals surface area contributed by atoms with Crippen LogP contribution in [0, 0.1) is 0 Å². The van der Waals surface area contributed by atoms with Crippen molar-refractivity contribution >= 4 is 11.9 Å². The smallest absolute Gasteiger partial charge is 0.186 e. The van der Waals surface area contributed by atoms with Gasteiger partial charge in [0.25, 0.3) is 0 Å². The summed E-state index contributed by atoms with van der Waals surface area (Å²) in [7, 11) is 0.